The molecule has 1 aromatic heterocycles. The first-order valence-corrected chi connectivity index (χ1v) is 10.0. The third-order valence-electron chi connectivity index (χ3n) is 4.56. The minimum absolute atomic E-state index is 0.127. The van der Waals surface area contributed by atoms with E-state index in [4.69, 9.17) is 0 Å². The summed E-state index contributed by atoms with van der Waals surface area (Å²) in [5.74, 6) is 1.17. The van der Waals surface area contributed by atoms with Crippen LogP contribution in [0.25, 0.3) is 0 Å². The van der Waals surface area contributed by atoms with Crippen molar-refractivity contribution >= 4 is 34.1 Å². The molecule has 2 fully saturated rings. The van der Waals surface area contributed by atoms with Gasteiger partial charge in [-0.15, -0.1) is 10.2 Å². The van der Waals surface area contributed by atoms with Crippen LogP contribution in [0, 0.1) is 5.92 Å². The van der Waals surface area contributed by atoms with Crippen LogP contribution in [-0.4, -0.2) is 41.0 Å². The van der Waals surface area contributed by atoms with Gasteiger partial charge in [-0.25, -0.2) is 0 Å². The Morgan fingerprint density at radius 3 is 2.82 bits per heavy atom. The van der Waals surface area contributed by atoms with Crippen LogP contribution in [0.4, 0.5) is 5.13 Å². The summed E-state index contributed by atoms with van der Waals surface area (Å²) in [6.45, 7) is 4.41. The van der Waals surface area contributed by atoms with Crippen molar-refractivity contribution < 1.29 is 4.79 Å². The van der Waals surface area contributed by atoms with E-state index in [-0.39, 0.29) is 5.91 Å². The van der Waals surface area contributed by atoms with Crippen LogP contribution < -0.4 is 10.2 Å². The van der Waals surface area contributed by atoms with Gasteiger partial charge in [0.25, 0.3) is 0 Å². The molecule has 22 heavy (non-hydrogen) atoms. The number of hydrogen-bond donors (Lipinski definition) is 1. The molecule has 0 spiro atoms. The first-order chi connectivity index (χ1) is 10.7. The lowest BCUT2D eigenvalue weighted by Crippen LogP contribution is -2.41. The lowest BCUT2D eigenvalue weighted by atomic mass is 9.86. The fourth-order valence-electron chi connectivity index (χ4n) is 3.20. The largest absolute Gasteiger partial charge is 0.352 e. The van der Waals surface area contributed by atoms with Crippen molar-refractivity contribution in [1.82, 2.24) is 15.5 Å². The predicted molar refractivity (Wildman–Crippen MR) is 91.6 cm³/mol. The molecule has 0 radical (unpaired) electrons. The van der Waals surface area contributed by atoms with Crippen LogP contribution in [0.5, 0.6) is 0 Å². The number of amides is 1. The third kappa shape index (κ3) is 4.13. The van der Waals surface area contributed by atoms with Gasteiger partial charge in [0.1, 0.15) is 0 Å². The summed E-state index contributed by atoms with van der Waals surface area (Å²) in [7, 11) is 0. The highest BCUT2D eigenvalue weighted by Gasteiger charge is 2.23. The van der Waals surface area contributed by atoms with E-state index in [1.54, 1.807) is 11.3 Å². The second-order valence-electron chi connectivity index (χ2n) is 6.27. The van der Waals surface area contributed by atoms with Crippen molar-refractivity contribution in [2.24, 2.45) is 5.92 Å². The number of carbonyl (C=O) groups is 1. The van der Waals surface area contributed by atoms with E-state index in [0.717, 1.165) is 29.0 Å². The van der Waals surface area contributed by atoms with Crippen LogP contribution in [0.2, 0.25) is 0 Å². The molecule has 3 rings (SSSR count). The second-order valence-corrected chi connectivity index (χ2v) is 8.45. The molecule has 1 saturated carbocycles. The van der Waals surface area contributed by atoms with Crippen molar-refractivity contribution in [2.45, 2.75) is 55.8 Å². The van der Waals surface area contributed by atoms with E-state index >= 15 is 0 Å². The highest BCUT2D eigenvalue weighted by Crippen LogP contribution is 2.30. The summed E-state index contributed by atoms with van der Waals surface area (Å²) in [5.41, 5.74) is 0. The Hall–Kier alpha value is -0.820. The second kappa shape index (κ2) is 7.64. The molecule has 5 nitrogen and oxygen atoms in total. The number of nitrogens with one attached hydrogen (secondary N) is 1. The summed E-state index contributed by atoms with van der Waals surface area (Å²) in [6.07, 6.45) is 7.36. The minimum Gasteiger partial charge on any atom is -0.352 e. The molecule has 122 valence electrons. The normalized spacial score (nSPS) is 25.4. The number of aromatic nitrogens is 2. The fourth-order valence-corrected chi connectivity index (χ4v) is 4.91. The Bertz CT molecular complexity index is 501. The number of rotatable bonds is 5. The van der Waals surface area contributed by atoms with E-state index in [1.807, 2.05) is 0 Å². The van der Waals surface area contributed by atoms with Gasteiger partial charge in [0, 0.05) is 19.1 Å². The Balaban J connectivity index is 1.44. The highest BCUT2D eigenvalue weighted by atomic mass is 32.2. The van der Waals surface area contributed by atoms with Crippen molar-refractivity contribution in [3.05, 3.63) is 0 Å². The molecule has 1 aliphatic heterocycles. The van der Waals surface area contributed by atoms with Crippen molar-refractivity contribution in [3.63, 3.8) is 0 Å². The van der Waals surface area contributed by atoms with Crippen LogP contribution in [0.15, 0.2) is 4.34 Å². The summed E-state index contributed by atoms with van der Waals surface area (Å²) in [4.78, 5) is 14.4. The molecule has 1 N–H and O–H groups in total. The average Bonchev–Trinajstić information content (AvgIpc) is 3.18. The molecule has 0 aromatic carbocycles. The standard InChI is InChI=1S/C15H24N4OS2/c1-11-6-2-3-7-12(11)16-13(20)10-21-15-18-17-14(22-15)19-8-4-5-9-19/h11-12H,2-10H2,1H3,(H,16,20)/t11-,12+/m1/s1. The monoisotopic (exact) mass is 340 g/mol. The molecule has 2 heterocycles. The van der Waals surface area contributed by atoms with Gasteiger partial charge in [-0.2, -0.15) is 0 Å². The maximum Gasteiger partial charge on any atom is 0.230 e. The van der Waals surface area contributed by atoms with Crippen LogP contribution in [-0.2, 0) is 4.79 Å². The van der Waals surface area contributed by atoms with Crippen LogP contribution >= 0.6 is 23.1 Å². The Morgan fingerprint density at radius 2 is 2.05 bits per heavy atom. The number of nitrogens with zero attached hydrogens (tertiary/aromatic N) is 3. The zero-order chi connectivity index (χ0) is 15.4. The van der Waals surface area contributed by atoms with Gasteiger partial charge < -0.3 is 10.2 Å². The highest BCUT2D eigenvalue weighted by molar-refractivity contribution is 8.01. The minimum atomic E-state index is 0.127. The molecule has 1 amide bonds. The molecule has 0 unspecified atom stereocenters. The van der Waals surface area contributed by atoms with Crippen molar-refractivity contribution in [3.8, 4) is 0 Å². The van der Waals surface area contributed by atoms with Crippen molar-refractivity contribution in [2.75, 3.05) is 23.7 Å². The van der Waals surface area contributed by atoms with E-state index in [0.29, 0.717) is 17.7 Å². The van der Waals surface area contributed by atoms with Gasteiger partial charge in [0.15, 0.2) is 4.34 Å². The zero-order valence-corrected chi connectivity index (χ0v) is 14.7. The van der Waals surface area contributed by atoms with E-state index in [2.05, 4.69) is 27.3 Å². The molecule has 1 saturated heterocycles. The summed E-state index contributed by atoms with van der Waals surface area (Å²) in [6, 6.07) is 0.358. The molecule has 2 atom stereocenters. The zero-order valence-electron chi connectivity index (χ0n) is 13.1. The Morgan fingerprint density at radius 1 is 1.27 bits per heavy atom. The number of carbonyl (C=O) groups excluding carboxylic acids is 1. The maximum atomic E-state index is 12.1. The summed E-state index contributed by atoms with van der Waals surface area (Å²) in [5, 5.41) is 12.6. The molecule has 7 heteroatoms. The fraction of sp³-hybridized carbons (Fsp3) is 0.800. The topological polar surface area (TPSA) is 58.1 Å². The van der Waals surface area contributed by atoms with Gasteiger partial charge in [-0.3, -0.25) is 4.79 Å². The summed E-state index contributed by atoms with van der Waals surface area (Å²) >= 11 is 3.11. The number of thioether (sulfide) groups is 1. The van der Waals surface area contributed by atoms with E-state index < -0.39 is 0 Å². The van der Waals surface area contributed by atoms with Gasteiger partial charge >= 0.3 is 0 Å². The van der Waals surface area contributed by atoms with Gasteiger partial charge in [-0.05, 0) is 31.6 Å². The lowest BCUT2D eigenvalue weighted by Gasteiger charge is -2.29. The van der Waals surface area contributed by atoms with E-state index in [1.165, 1.54) is 43.9 Å². The van der Waals surface area contributed by atoms with Crippen LogP contribution in [0.3, 0.4) is 0 Å². The third-order valence-corrected chi connectivity index (χ3v) is 6.67. The Labute approximate surface area is 140 Å². The lowest BCUT2D eigenvalue weighted by molar-refractivity contribution is -0.119. The van der Waals surface area contributed by atoms with Gasteiger partial charge in [0.05, 0.1) is 5.75 Å². The molecular formula is C15H24N4OS2. The van der Waals surface area contributed by atoms with Gasteiger partial charge in [-0.1, -0.05) is 42.9 Å². The predicted octanol–water partition coefficient (Wildman–Crippen LogP) is 2.93. The molecule has 0 bridgehead atoms. The first kappa shape index (κ1) is 16.1. The smallest absolute Gasteiger partial charge is 0.230 e. The van der Waals surface area contributed by atoms with Gasteiger partial charge in [0.2, 0.25) is 11.0 Å². The van der Waals surface area contributed by atoms with Crippen LogP contribution in [0.1, 0.15) is 45.4 Å². The molecule has 1 aromatic rings. The molecular weight excluding hydrogens is 316 g/mol. The Kier molecular flexibility index (Phi) is 5.57. The number of anilines is 1. The van der Waals surface area contributed by atoms with Crippen molar-refractivity contribution in [1.29, 1.82) is 0 Å². The number of hydrogen-bond acceptors (Lipinski definition) is 6. The maximum absolute atomic E-state index is 12.1. The summed E-state index contributed by atoms with van der Waals surface area (Å²) < 4.78 is 0.897. The average molecular weight is 341 g/mol. The SMILES string of the molecule is C[C@@H]1CCCC[C@@H]1NC(=O)CSc1nnc(N2CCCC2)s1. The quantitative estimate of drug-likeness (QED) is 0.835. The van der Waals surface area contributed by atoms with E-state index in [9.17, 15) is 4.79 Å². The molecule has 1 aliphatic carbocycles. The first-order valence-electron chi connectivity index (χ1n) is 8.23. The molecule has 2 aliphatic rings.